The number of anilines is 2. The Bertz CT molecular complexity index is 1150. The first-order valence-corrected chi connectivity index (χ1v) is 10.3. The highest BCUT2D eigenvalue weighted by molar-refractivity contribution is 6.29. The van der Waals surface area contributed by atoms with Crippen LogP contribution < -0.4 is 10.2 Å². The van der Waals surface area contributed by atoms with Crippen LogP contribution in [0.5, 0.6) is 0 Å². The third-order valence-electron chi connectivity index (χ3n) is 4.95. The number of esters is 1. The molecule has 1 N–H and O–H groups in total. The van der Waals surface area contributed by atoms with Gasteiger partial charge in [0.25, 0.3) is 0 Å². The van der Waals surface area contributed by atoms with Crippen molar-refractivity contribution in [2.75, 3.05) is 24.4 Å². The van der Waals surface area contributed by atoms with Gasteiger partial charge in [-0.3, -0.25) is 14.8 Å². The van der Waals surface area contributed by atoms with Crippen molar-refractivity contribution >= 4 is 35.0 Å². The Morgan fingerprint density at radius 2 is 2.09 bits per heavy atom. The van der Waals surface area contributed by atoms with Crippen LogP contribution in [-0.2, 0) is 22.6 Å². The van der Waals surface area contributed by atoms with Gasteiger partial charge in [-0.15, -0.1) is 0 Å². The molecule has 0 fully saturated rings. The molecule has 174 valence electrons. The van der Waals surface area contributed by atoms with Gasteiger partial charge in [0.2, 0.25) is 11.8 Å². The maximum Gasteiger partial charge on any atom is 0.332 e. The summed E-state index contributed by atoms with van der Waals surface area (Å²) in [6.07, 6.45) is 5.23. The number of nitro groups is 1. The maximum absolute atomic E-state index is 11.9. The van der Waals surface area contributed by atoms with Crippen LogP contribution in [0.1, 0.15) is 23.7 Å². The molecule has 0 saturated carbocycles. The standard InChI is InChI=1S/C20H23ClN8O4/c1-12-17(29(31)32)18(27(3)13(2)19(30)33-4)26-20(25-12)23-8-15-9-24-28(11-15)10-14-5-6-16(21)22-7-14/h5-7,9,11,13H,8,10H2,1-4H3,(H,23,25,26). The number of aryl methyl sites for hydroxylation is 1. The van der Waals surface area contributed by atoms with Crippen molar-refractivity contribution in [3.63, 3.8) is 0 Å². The zero-order valence-electron chi connectivity index (χ0n) is 18.5. The van der Waals surface area contributed by atoms with Crippen LogP contribution in [0.15, 0.2) is 30.7 Å². The van der Waals surface area contributed by atoms with Gasteiger partial charge in [-0.1, -0.05) is 17.7 Å². The molecule has 0 amide bonds. The number of carbonyl (C=O) groups excluding carboxylic acids is 1. The van der Waals surface area contributed by atoms with Gasteiger partial charge in [0.1, 0.15) is 16.9 Å². The number of aromatic nitrogens is 5. The van der Waals surface area contributed by atoms with Gasteiger partial charge in [-0.05, 0) is 25.5 Å². The molecular formula is C20H23ClN8O4. The summed E-state index contributed by atoms with van der Waals surface area (Å²) >= 11 is 5.81. The van der Waals surface area contributed by atoms with Crippen LogP contribution in [0.3, 0.4) is 0 Å². The van der Waals surface area contributed by atoms with Gasteiger partial charge in [0.15, 0.2) is 0 Å². The Morgan fingerprint density at radius 3 is 2.73 bits per heavy atom. The number of ether oxygens (including phenoxy) is 1. The molecule has 3 heterocycles. The molecule has 0 aliphatic rings. The van der Waals surface area contributed by atoms with Crippen molar-refractivity contribution < 1.29 is 14.5 Å². The smallest absolute Gasteiger partial charge is 0.332 e. The summed E-state index contributed by atoms with van der Waals surface area (Å²) < 4.78 is 6.49. The summed E-state index contributed by atoms with van der Waals surface area (Å²) in [5, 5.41) is 19.4. The molecule has 0 spiro atoms. The fourth-order valence-corrected chi connectivity index (χ4v) is 3.17. The highest BCUT2D eigenvalue weighted by Gasteiger charge is 2.30. The van der Waals surface area contributed by atoms with E-state index in [0.717, 1.165) is 11.1 Å². The van der Waals surface area contributed by atoms with Crippen LogP contribution in [-0.4, -0.2) is 55.8 Å². The van der Waals surface area contributed by atoms with Gasteiger partial charge in [0.05, 0.1) is 24.8 Å². The number of carbonyl (C=O) groups is 1. The van der Waals surface area contributed by atoms with Gasteiger partial charge < -0.3 is 15.0 Å². The first-order valence-electron chi connectivity index (χ1n) is 9.89. The van der Waals surface area contributed by atoms with Crippen LogP contribution in [0, 0.1) is 17.0 Å². The molecule has 0 aromatic carbocycles. The van der Waals surface area contributed by atoms with E-state index in [-0.39, 0.29) is 23.1 Å². The number of likely N-dealkylation sites (N-methyl/N-ethyl adjacent to an activating group) is 1. The summed E-state index contributed by atoms with van der Waals surface area (Å²) in [7, 11) is 2.79. The van der Waals surface area contributed by atoms with E-state index in [0.29, 0.717) is 18.2 Å². The molecule has 0 aliphatic carbocycles. The largest absolute Gasteiger partial charge is 0.467 e. The second-order valence-electron chi connectivity index (χ2n) is 7.26. The third-order valence-corrected chi connectivity index (χ3v) is 5.17. The second-order valence-corrected chi connectivity index (χ2v) is 7.65. The van der Waals surface area contributed by atoms with E-state index in [2.05, 4.69) is 25.4 Å². The first kappa shape index (κ1) is 23.9. The Balaban J connectivity index is 1.76. The fourth-order valence-electron chi connectivity index (χ4n) is 3.06. The van der Waals surface area contributed by atoms with Crippen LogP contribution in [0.25, 0.3) is 0 Å². The van der Waals surface area contributed by atoms with E-state index in [9.17, 15) is 14.9 Å². The monoisotopic (exact) mass is 474 g/mol. The van der Waals surface area contributed by atoms with E-state index >= 15 is 0 Å². The normalized spacial score (nSPS) is 11.7. The van der Waals surface area contributed by atoms with Crippen molar-refractivity contribution in [3.8, 4) is 0 Å². The average molecular weight is 475 g/mol. The summed E-state index contributed by atoms with van der Waals surface area (Å²) in [6.45, 7) is 3.96. The van der Waals surface area contributed by atoms with E-state index in [1.165, 1.54) is 26.0 Å². The predicted octanol–water partition coefficient (Wildman–Crippen LogP) is 2.60. The van der Waals surface area contributed by atoms with E-state index in [1.807, 2.05) is 12.3 Å². The minimum absolute atomic E-state index is 0.0128. The minimum atomic E-state index is -0.781. The molecule has 0 bridgehead atoms. The van der Waals surface area contributed by atoms with Crippen LogP contribution in [0.2, 0.25) is 5.15 Å². The van der Waals surface area contributed by atoms with E-state index < -0.39 is 16.9 Å². The molecule has 1 unspecified atom stereocenters. The van der Waals surface area contributed by atoms with Gasteiger partial charge in [-0.2, -0.15) is 10.1 Å². The third kappa shape index (κ3) is 5.71. The van der Waals surface area contributed by atoms with Crippen molar-refractivity contribution in [2.45, 2.75) is 33.0 Å². The van der Waals surface area contributed by atoms with Crippen molar-refractivity contribution in [1.29, 1.82) is 0 Å². The number of methoxy groups -OCH3 is 1. The molecular weight excluding hydrogens is 452 g/mol. The molecule has 1 atom stereocenters. The quantitative estimate of drug-likeness (QED) is 0.213. The van der Waals surface area contributed by atoms with Crippen molar-refractivity contribution in [2.24, 2.45) is 0 Å². The number of nitrogens with zero attached hydrogens (tertiary/aromatic N) is 7. The summed E-state index contributed by atoms with van der Waals surface area (Å²) in [5.41, 5.74) is 1.70. The highest BCUT2D eigenvalue weighted by atomic mass is 35.5. The van der Waals surface area contributed by atoms with E-state index in [1.54, 1.807) is 30.1 Å². The average Bonchev–Trinajstić information content (AvgIpc) is 3.24. The molecule has 0 saturated heterocycles. The Labute approximate surface area is 194 Å². The Kier molecular flexibility index (Phi) is 7.38. The number of hydrogen-bond acceptors (Lipinski definition) is 10. The SMILES string of the molecule is COC(=O)C(C)N(C)c1nc(NCc2cnn(Cc3ccc(Cl)nc3)c2)nc(C)c1[N+](=O)[O-]. The molecule has 0 aliphatic heterocycles. The second kappa shape index (κ2) is 10.2. The summed E-state index contributed by atoms with van der Waals surface area (Å²) in [6, 6.07) is 2.80. The number of rotatable bonds is 9. The number of halogens is 1. The number of pyridine rings is 1. The van der Waals surface area contributed by atoms with Gasteiger partial charge in [0, 0.05) is 31.5 Å². The van der Waals surface area contributed by atoms with Gasteiger partial charge >= 0.3 is 11.7 Å². The lowest BCUT2D eigenvalue weighted by Gasteiger charge is -2.24. The number of hydrogen-bond donors (Lipinski definition) is 1. The summed E-state index contributed by atoms with van der Waals surface area (Å²) in [4.78, 5) is 36.9. The molecule has 0 radical (unpaired) electrons. The first-order chi connectivity index (χ1) is 15.7. The Hall–Kier alpha value is -3.80. The van der Waals surface area contributed by atoms with Crippen LogP contribution >= 0.6 is 11.6 Å². The lowest BCUT2D eigenvalue weighted by Crippen LogP contribution is -2.38. The van der Waals surface area contributed by atoms with E-state index in [4.69, 9.17) is 16.3 Å². The zero-order chi connectivity index (χ0) is 24.1. The van der Waals surface area contributed by atoms with Crippen molar-refractivity contribution in [1.82, 2.24) is 24.7 Å². The van der Waals surface area contributed by atoms with Gasteiger partial charge in [-0.25, -0.2) is 14.8 Å². The molecule has 3 rings (SSSR count). The Morgan fingerprint density at radius 1 is 1.33 bits per heavy atom. The van der Waals surface area contributed by atoms with Crippen molar-refractivity contribution in [3.05, 3.63) is 62.8 Å². The number of nitrogens with one attached hydrogen (secondary N) is 1. The van der Waals surface area contributed by atoms with Crippen LogP contribution in [0.4, 0.5) is 17.5 Å². The molecule has 3 aromatic heterocycles. The fraction of sp³-hybridized carbons (Fsp3) is 0.350. The highest BCUT2D eigenvalue weighted by Crippen LogP contribution is 2.30. The molecule has 33 heavy (non-hydrogen) atoms. The topological polar surface area (TPSA) is 141 Å². The lowest BCUT2D eigenvalue weighted by atomic mass is 10.2. The zero-order valence-corrected chi connectivity index (χ0v) is 19.3. The molecule has 13 heteroatoms. The molecule has 12 nitrogen and oxygen atoms in total. The maximum atomic E-state index is 11.9. The lowest BCUT2D eigenvalue weighted by molar-refractivity contribution is -0.385. The predicted molar refractivity (Wildman–Crippen MR) is 121 cm³/mol. The minimum Gasteiger partial charge on any atom is -0.467 e. The summed E-state index contributed by atoms with van der Waals surface area (Å²) in [5.74, 6) is -0.341. The molecule has 3 aromatic rings.